The Labute approximate surface area is 117 Å². The second-order valence-electron chi connectivity index (χ2n) is 5.24. The van der Waals surface area contributed by atoms with E-state index in [4.69, 9.17) is 4.74 Å². The maximum absolute atomic E-state index is 11.7. The van der Waals surface area contributed by atoms with Gasteiger partial charge in [-0.05, 0) is 31.1 Å². The molecule has 3 atom stereocenters. The molecule has 4 nitrogen and oxygen atoms in total. The lowest BCUT2D eigenvalue weighted by molar-refractivity contribution is -0.121. The van der Waals surface area contributed by atoms with Crippen molar-refractivity contribution < 1.29 is 9.53 Å². The summed E-state index contributed by atoms with van der Waals surface area (Å²) in [4.78, 5) is 11.7. The Balaban J connectivity index is 0.00000289. The summed E-state index contributed by atoms with van der Waals surface area (Å²) in [6.45, 7) is 6.29. The number of rotatable bonds is 6. The Hall–Kier alpha value is -0.320. The molecule has 0 aromatic rings. The van der Waals surface area contributed by atoms with Crippen LogP contribution < -0.4 is 10.6 Å². The van der Waals surface area contributed by atoms with Crippen molar-refractivity contribution in [1.82, 2.24) is 10.6 Å². The summed E-state index contributed by atoms with van der Waals surface area (Å²) in [5.41, 5.74) is 0. The molecule has 1 aliphatic rings. The number of hydrogen-bond donors (Lipinski definition) is 2. The molecule has 0 radical (unpaired) electrons. The monoisotopic (exact) mass is 278 g/mol. The number of carbonyl (C=O) groups excluding carboxylic acids is 1. The largest absolute Gasteiger partial charge is 0.383 e. The maximum Gasteiger partial charge on any atom is 0.234 e. The van der Waals surface area contributed by atoms with Gasteiger partial charge in [0.25, 0.3) is 0 Å². The van der Waals surface area contributed by atoms with Crippen LogP contribution in [0.15, 0.2) is 0 Å². The molecular formula is C13H27ClN2O2. The molecule has 1 aliphatic carbocycles. The molecule has 2 N–H and O–H groups in total. The topological polar surface area (TPSA) is 50.4 Å². The average Bonchev–Trinajstić information content (AvgIpc) is 2.28. The van der Waals surface area contributed by atoms with Crippen LogP contribution in [0.5, 0.6) is 0 Å². The van der Waals surface area contributed by atoms with Gasteiger partial charge in [0, 0.05) is 19.7 Å². The van der Waals surface area contributed by atoms with Gasteiger partial charge >= 0.3 is 0 Å². The first-order valence-electron chi connectivity index (χ1n) is 6.62. The van der Waals surface area contributed by atoms with Gasteiger partial charge in [0.1, 0.15) is 0 Å². The fraction of sp³-hybridized carbons (Fsp3) is 0.923. The van der Waals surface area contributed by atoms with E-state index < -0.39 is 0 Å². The molecule has 0 heterocycles. The van der Waals surface area contributed by atoms with Crippen LogP contribution in [-0.2, 0) is 9.53 Å². The van der Waals surface area contributed by atoms with Gasteiger partial charge < -0.3 is 15.4 Å². The van der Waals surface area contributed by atoms with Crippen LogP contribution in [-0.4, -0.2) is 38.8 Å². The summed E-state index contributed by atoms with van der Waals surface area (Å²) >= 11 is 0. The van der Waals surface area contributed by atoms with Crippen molar-refractivity contribution in [2.75, 3.05) is 26.8 Å². The Morgan fingerprint density at radius 3 is 2.67 bits per heavy atom. The summed E-state index contributed by atoms with van der Waals surface area (Å²) in [7, 11) is 1.66. The summed E-state index contributed by atoms with van der Waals surface area (Å²) in [6, 6.07) is 0.364. The molecule has 0 aromatic heterocycles. The zero-order chi connectivity index (χ0) is 12.7. The van der Waals surface area contributed by atoms with E-state index >= 15 is 0 Å². The van der Waals surface area contributed by atoms with Crippen molar-refractivity contribution in [2.45, 2.75) is 39.2 Å². The Kier molecular flexibility index (Phi) is 9.42. The van der Waals surface area contributed by atoms with Crippen molar-refractivity contribution in [2.24, 2.45) is 11.8 Å². The highest BCUT2D eigenvalue weighted by atomic mass is 35.5. The van der Waals surface area contributed by atoms with Crippen LogP contribution >= 0.6 is 12.4 Å². The Morgan fingerprint density at radius 1 is 1.33 bits per heavy atom. The second kappa shape index (κ2) is 9.59. The van der Waals surface area contributed by atoms with Gasteiger partial charge in [-0.1, -0.05) is 13.8 Å². The summed E-state index contributed by atoms with van der Waals surface area (Å²) in [5, 5.41) is 6.19. The maximum atomic E-state index is 11.7. The quantitative estimate of drug-likeness (QED) is 0.726. The molecule has 0 aliphatic heterocycles. The fourth-order valence-electron chi connectivity index (χ4n) is 2.51. The molecule has 0 saturated heterocycles. The van der Waals surface area contributed by atoms with E-state index in [0.717, 1.165) is 18.9 Å². The highest BCUT2D eigenvalue weighted by molar-refractivity contribution is 5.85. The van der Waals surface area contributed by atoms with Crippen LogP contribution in [0.2, 0.25) is 0 Å². The lowest BCUT2D eigenvalue weighted by Gasteiger charge is -2.33. The minimum atomic E-state index is 0. The van der Waals surface area contributed by atoms with Crippen molar-refractivity contribution in [3.63, 3.8) is 0 Å². The van der Waals surface area contributed by atoms with E-state index in [1.54, 1.807) is 7.11 Å². The van der Waals surface area contributed by atoms with Crippen LogP contribution in [0.4, 0.5) is 0 Å². The molecule has 3 unspecified atom stereocenters. The van der Waals surface area contributed by atoms with E-state index in [0.29, 0.717) is 25.1 Å². The standard InChI is InChI=1S/C13H26N2O2.ClH/c1-10-4-5-12(11(2)8-10)15-13(16)9-14-6-7-17-3;/h10-12,14H,4-9H2,1-3H3,(H,15,16);1H. The van der Waals surface area contributed by atoms with Gasteiger partial charge in [0.05, 0.1) is 13.2 Å². The smallest absolute Gasteiger partial charge is 0.234 e. The van der Waals surface area contributed by atoms with Crippen molar-refractivity contribution in [3.05, 3.63) is 0 Å². The molecule has 1 amide bonds. The first-order chi connectivity index (χ1) is 8.13. The molecule has 1 rings (SSSR count). The molecule has 0 spiro atoms. The Morgan fingerprint density at radius 2 is 2.06 bits per heavy atom. The van der Waals surface area contributed by atoms with Crippen LogP contribution in [0.3, 0.4) is 0 Å². The van der Waals surface area contributed by atoms with Crippen LogP contribution in [0, 0.1) is 11.8 Å². The minimum Gasteiger partial charge on any atom is -0.383 e. The third-order valence-electron chi connectivity index (χ3n) is 3.55. The molecule has 108 valence electrons. The number of ether oxygens (including phenoxy) is 1. The van der Waals surface area contributed by atoms with E-state index in [1.165, 1.54) is 12.8 Å². The van der Waals surface area contributed by atoms with E-state index in [2.05, 4.69) is 24.5 Å². The fourth-order valence-corrected chi connectivity index (χ4v) is 2.51. The normalized spacial score (nSPS) is 27.4. The number of methoxy groups -OCH3 is 1. The first-order valence-corrected chi connectivity index (χ1v) is 6.62. The highest BCUT2D eigenvalue weighted by Gasteiger charge is 2.26. The first kappa shape index (κ1) is 17.7. The van der Waals surface area contributed by atoms with Crippen molar-refractivity contribution in [1.29, 1.82) is 0 Å². The molecule has 18 heavy (non-hydrogen) atoms. The van der Waals surface area contributed by atoms with Crippen LogP contribution in [0.25, 0.3) is 0 Å². The van der Waals surface area contributed by atoms with Gasteiger partial charge in [0.2, 0.25) is 5.91 Å². The molecule has 0 aromatic carbocycles. The Bertz CT molecular complexity index is 239. The summed E-state index contributed by atoms with van der Waals surface area (Å²) in [5.74, 6) is 1.51. The van der Waals surface area contributed by atoms with Crippen molar-refractivity contribution in [3.8, 4) is 0 Å². The van der Waals surface area contributed by atoms with E-state index in [9.17, 15) is 4.79 Å². The van der Waals surface area contributed by atoms with Crippen LogP contribution in [0.1, 0.15) is 33.1 Å². The van der Waals surface area contributed by atoms with Gasteiger partial charge in [-0.3, -0.25) is 4.79 Å². The summed E-state index contributed by atoms with van der Waals surface area (Å²) < 4.78 is 4.91. The predicted molar refractivity (Wildman–Crippen MR) is 76.1 cm³/mol. The highest BCUT2D eigenvalue weighted by Crippen LogP contribution is 2.28. The van der Waals surface area contributed by atoms with Gasteiger partial charge in [-0.15, -0.1) is 12.4 Å². The number of halogens is 1. The number of nitrogens with one attached hydrogen (secondary N) is 2. The third-order valence-corrected chi connectivity index (χ3v) is 3.55. The average molecular weight is 279 g/mol. The lowest BCUT2D eigenvalue weighted by atomic mass is 9.80. The molecule has 0 bridgehead atoms. The van der Waals surface area contributed by atoms with Gasteiger partial charge in [-0.2, -0.15) is 0 Å². The SMILES string of the molecule is COCCNCC(=O)NC1CCC(C)CC1C.Cl. The molecule has 1 saturated carbocycles. The number of amides is 1. The van der Waals surface area contributed by atoms with E-state index in [-0.39, 0.29) is 18.3 Å². The molecule has 1 fully saturated rings. The van der Waals surface area contributed by atoms with Crippen molar-refractivity contribution >= 4 is 18.3 Å². The number of hydrogen-bond acceptors (Lipinski definition) is 3. The lowest BCUT2D eigenvalue weighted by Crippen LogP contribution is -2.45. The molecular weight excluding hydrogens is 252 g/mol. The zero-order valence-electron chi connectivity index (χ0n) is 11.7. The second-order valence-corrected chi connectivity index (χ2v) is 5.24. The third kappa shape index (κ3) is 6.57. The van der Waals surface area contributed by atoms with E-state index in [1.807, 2.05) is 0 Å². The van der Waals surface area contributed by atoms with Gasteiger partial charge in [-0.25, -0.2) is 0 Å². The zero-order valence-corrected chi connectivity index (χ0v) is 12.5. The number of carbonyl (C=O) groups is 1. The predicted octanol–water partition coefficient (Wildman–Crippen LogP) is 1.59. The minimum absolute atomic E-state index is 0. The molecule has 5 heteroatoms. The van der Waals surface area contributed by atoms with Gasteiger partial charge in [0.15, 0.2) is 0 Å². The summed E-state index contributed by atoms with van der Waals surface area (Å²) in [6.07, 6.45) is 3.57.